The first kappa shape index (κ1) is 14.8. The lowest BCUT2D eigenvalue weighted by Crippen LogP contribution is -2.51. The van der Waals surface area contributed by atoms with Gasteiger partial charge in [0.1, 0.15) is 0 Å². The van der Waals surface area contributed by atoms with Crippen molar-refractivity contribution in [2.75, 3.05) is 6.61 Å². The van der Waals surface area contributed by atoms with Gasteiger partial charge in [-0.3, -0.25) is 0 Å². The molecule has 0 spiro atoms. The zero-order chi connectivity index (χ0) is 14.4. The van der Waals surface area contributed by atoms with E-state index < -0.39 is 0 Å². The Morgan fingerprint density at radius 3 is 2.55 bits per heavy atom. The van der Waals surface area contributed by atoms with Crippen LogP contribution in [-0.2, 0) is 4.74 Å². The van der Waals surface area contributed by atoms with Gasteiger partial charge >= 0.3 is 0 Å². The summed E-state index contributed by atoms with van der Waals surface area (Å²) in [5.41, 5.74) is 1.04. The number of ether oxygens (including phenoxy) is 1. The zero-order valence-corrected chi connectivity index (χ0v) is 13.9. The molecule has 0 amide bonds. The first-order valence-electron chi connectivity index (χ1n) is 8.85. The number of fused-ring (bicyclic) bond motifs is 2. The molecule has 1 N–H and O–H groups in total. The highest BCUT2D eigenvalue weighted by Crippen LogP contribution is 2.65. The quantitative estimate of drug-likeness (QED) is 0.835. The van der Waals surface area contributed by atoms with Crippen LogP contribution in [0.15, 0.2) is 0 Å². The molecule has 1 heterocycles. The molecular formula is C18H33NO. The van der Waals surface area contributed by atoms with Crippen molar-refractivity contribution in [2.45, 2.75) is 90.8 Å². The Morgan fingerprint density at radius 2 is 1.95 bits per heavy atom. The second-order valence-electron chi connectivity index (χ2n) is 8.33. The standard InChI is InChI=1S/C18H33NO/c1-5-6-15-12-14(8-10-20-15)19-16-11-13-7-9-18(16,4)17(13,2)3/h13-16,19H,5-12H2,1-4H3. The van der Waals surface area contributed by atoms with E-state index in [1.807, 2.05) is 0 Å². The van der Waals surface area contributed by atoms with Crippen molar-refractivity contribution < 1.29 is 4.74 Å². The summed E-state index contributed by atoms with van der Waals surface area (Å²) in [5.74, 6) is 0.941. The van der Waals surface area contributed by atoms with E-state index in [0.717, 1.165) is 18.6 Å². The van der Waals surface area contributed by atoms with Gasteiger partial charge < -0.3 is 10.1 Å². The monoisotopic (exact) mass is 279 g/mol. The molecule has 3 aliphatic rings. The molecule has 5 atom stereocenters. The van der Waals surface area contributed by atoms with Crippen molar-refractivity contribution in [3.05, 3.63) is 0 Å². The molecule has 1 saturated heterocycles. The minimum atomic E-state index is 0.505. The maximum atomic E-state index is 5.90. The SMILES string of the molecule is CCCC1CC(NC2CC3CCC2(C)C3(C)C)CCO1. The van der Waals surface area contributed by atoms with Crippen LogP contribution in [-0.4, -0.2) is 24.8 Å². The molecule has 2 aliphatic carbocycles. The molecule has 3 fully saturated rings. The summed E-state index contributed by atoms with van der Waals surface area (Å²) >= 11 is 0. The third-order valence-corrected chi connectivity index (χ3v) is 7.21. The van der Waals surface area contributed by atoms with Gasteiger partial charge in [-0.15, -0.1) is 0 Å². The molecule has 3 rings (SSSR count). The van der Waals surface area contributed by atoms with Gasteiger partial charge in [0, 0.05) is 18.7 Å². The van der Waals surface area contributed by atoms with Crippen LogP contribution < -0.4 is 5.32 Å². The van der Waals surface area contributed by atoms with Gasteiger partial charge in [0.05, 0.1) is 6.10 Å². The normalized spacial score (nSPS) is 46.8. The first-order chi connectivity index (χ1) is 9.47. The fraction of sp³-hybridized carbons (Fsp3) is 1.00. The third-order valence-electron chi connectivity index (χ3n) is 7.21. The molecule has 2 heteroatoms. The van der Waals surface area contributed by atoms with E-state index in [-0.39, 0.29) is 0 Å². The van der Waals surface area contributed by atoms with Gasteiger partial charge in [-0.05, 0) is 55.3 Å². The topological polar surface area (TPSA) is 21.3 Å². The molecule has 2 saturated carbocycles. The minimum Gasteiger partial charge on any atom is -0.378 e. The highest BCUT2D eigenvalue weighted by Gasteiger charge is 2.61. The van der Waals surface area contributed by atoms with E-state index in [1.165, 1.54) is 44.9 Å². The van der Waals surface area contributed by atoms with E-state index in [0.29, 0.717) is 23.0 Å². The Bertz CT molecular complexity index is 351. The van der Waals surface area contributed by atoms with Crippen LogP contribution in [0.4, 0.5) is 0 Å². The van der Waals surface area contributed by atoms with Gasteiger partial charge in [0.25, 0.3) is 0 Å². The second-order valence-corrected chi connectivity index (χ2v) is 8.33. The largest absolute Gasteiger partial charge is 0.378 e. The fourth-order valence-electron chi connectivity index (χ4n) is 5.30. The van der Waals surface area contributed by atoms with E-state index in [2.05, 4.69) is 33.0 Å². The number of nitrogens with one attached hydrogen (secondary N) is 1. The molecule has 0 aromatic rings. The average molecular weight is 279 g/mol. The fourth-order valence-corrected chi connectivity index (χ4v) is 5.30. The summed E-state index contributed by atoms with van der Waals surface area (Å²) < 4.78 is 5.90. The number of hydrogen-bond donors (Lipinski definition) is 1. The predicted molar refractivity (Wildman–Crippen MR) is 83.8 cm³/mol. The summed E-state index contributed by atoms with van der Waals surface area (Å²) in [6.45, 7) is 10.8. The van der Waals surface area contributed by atoms with E-state index in [9.17, 15) is 0 Å². The maximum absolute atomic E-state index is 5.90. The van der Waals surface area contributed by atoms with E-state index in [1.54, 1.807) is 0 Å². The van der Waals surface area contributed by atoms with Crippen molar-refractivity contribution in [3.63, 3.8) is 0 Å². The van der Waals surface area contributed by atoms with Crippen molar-refractivity contribution in [3.8, 4) is 0 Å². The molecule has 2 bridgehead atoms. The van der Waals surface area contributed by atoms with Crippen molar-refractivity contribution in [2.24, 2.45) is 16.7 Å². The Balaban J connectivity index is 1.62. The number of rotatable bonds is 4. The highest BCUT2D eigenvalue weighted by atomic mass is 16.5. The van der Waals surface area contributed by atoms with Crippen molar-refractivity contribution in [1.29, 1.82) is 0 Å². The summed E-state index contributed by atoms with van der Waals surface area (Å²) in [4.78, 5) is 0. The molecule has 2 nitrogen and oxygen atoms in total. The maximum Gasteiger partial charge on any atom is 0.0589 e. The lowest BCUT2D eigenvalue weighted by molar-refractivity contribution is -0.00993. The second kappa shape index (κ2) is 5.28. The molecule has 0 aromatic carbocycles. The van der Waals surface area contributed by atoms with Crippen molar-refractivity contribution in [1.82, 2.24) is 5.32 Å². The summed E-state index contributed by atoms with van der Waals surface area (Å²) in [6, 6.07) is 1.43. The molecule has 1 aliphatic heterocycles. The lowest BCUT2D eigenvalue weighted by Gasteiger charge is -2.42. The zero-order valence-electron chi connectivity index (χ0n) is 13.9. The molecule has 5 unspecified atom stereocenters. The molecule has 0 radical (unpaired) electrons. The lowest BCUT2D eigenvalue weighted by atomic mass is 9.69. The number of hydrogen-bond acceptors (Lipinski definition) is 2. The van der Waals surface area contributed by atoms with Crippen LogP contribution in [0.1, 0.15) is 72.6 Å². The minimum absolute atomic E-state index is 0.505. The predicted octanol–water partition coefficient (Wildman–Crippen LogP) is 4.14. The molecular weight excluding hydrogens is 246 g/mol. The molecule has 0 aromatic heterocycles. The van der Waals surface area contributed by atoms with Gasteiger partial charge in [-0.25, -0.2) is 0 Å². The van der Waals surface area contributed by atoms with Crippen molar-refractivity contribution >= 4 is 0 Å². The van der Waals surface area contributed by atoms with Crippen LogP contribution in [0.3, 0.4) is 0 Å². The van der Waals surface area contributed by atoms with Crippen LogP contribution in [0.5, 0.6) is 0 Å². The smallest absolute Gasteiger partial charge is 0.0589 e. The Hall–Kier alpha value is -0.0800. The average Bonchev–Trinajstić information content (AvgIpc) is 2.73. The van der Waals surface area contributed by atoms with Gasteiger partial charge in [-0.2, -0.15) is 0 Å². The molecule has 116 valence electrons. The Kier molecular flexibility index (Phi) is 3.92. The first-order valence-corrected chi connectivity index (χ1v) is 8.85. The van der Waals surface area contributed by atoms with E-state index >= 15 is 0 Å². The van der Waals surface area contributed by atoms with Crippen LogP contribution in [0.25, 0.3) is 0 Å². The van der Waals surface area contributed by atoms with E-state index in [4.69, 9.17) is 4.74 Å². The summed E-state index contributed by atoms with van der Waals surface area (Å²) in [7, 11) is 0. The Labute approximate surface area is 125 Å². The van der Waals surface area contributed by atoms with Gasteiger partial charge in [-0.1, -0.05) is 34.1 Å². The molecule has 20 heavy (non-hydrogen) atoms. The van der Waals surface area contributed by atoms with Crippen LogP contribution in [0.2, 0.25) is 0 Å². The highest BCUT2D eigenvalue weighted by molar-refractivity contribution is 5.13. The Morgan fingerprint density at radius 1 is 1.15 bits per heavy atom. The van der Waals surface area contributed by atoms with Crippen LogP contribution in [0, 0.1) is 16.7 Å². The van der Waals surface area contributed by atoms with Gasteiger partial charge in [0.2, 0.25) is 0 Å². The third kappa shape index (κ3) is 2.23. The van der Waals surface area contributed by atoms with Crippen LogP contribution >= 0.6 is 0 Å². The summed E-state index contributed by atoms with van der Waals surface area (Å²) in [5, 5.41) is 4.05. The van der Waals surface area contributed by atoms with Gasteiger partial charge in [0.15, 0.2) is 0 Å². The summed E-state index contributed by atoms with van der Waals surface area (Å²) in [6.07, 6.45) is 9.69.